The van der Waals surface area contributed by atoms with Crippen LogP contribution >= 0.6 is 0 Å². The fraction of sp³-hybridized carbons (Fsp3) is 0.0426. The van der Waals surface area contributed by atoms with Crippen molar-refractivity contribution in [3.05, 3.63) is 187 Å². The van der Waals surface area contributed by atoms with Gasteiger partial charge < -0.3 is 0 Å². The molecular formula is C47H35N3. The van der Waals surface area contributed by atoms with E-state index in [1.54, 1.807) is 0 Å². The van der Waals surface area contributed by atoms with Gasteiger partial charge in [-0.1, -0.05) is 163 Å². The highest BCUT2D eigenvalue weighted by Gasteiger charge is 2.15. The van der Waals surface area contributed by atoms with Gasteiger partial charge in [-0.3, -0.25) is 0 Å². The van der Waals surface area contributed by atoms with E-state index in [9.17, 15) is 0 Å². The third kappa shape index (κ3) is 6.63. The number of rotatable bonds is 7. The van der Waals surface area contributed by atoms with Gasteiger partial charge in [0.05, 0.1) is 0 Å². The van der Waals surface area contributed by atoms with Crippen LogP contribution in [0.4, 0.5) is 0 Å². The van der Waals surface area contributed by atoms with Crippen molar-refractivity contribution in [3.8, 4) is 78.7 Å². The van der Waals surface area contributed by atoms with Crippen LogP contribution in [0.3, 0.4) is 0 Å². The minimum atomic E-state index is 0.634. The summed E-state index contributed by atoms with van der Waals surface area (Å²) in [6.45, 7) is 4.18. The van der Waals surface area contributed by atoms with Crippen LogP contribution in [0.15, 0.2) is 176 Å². The molecule has 0 N–H and O–H groups in total. The molecule has 0 spiro atoms. The van der Waals surface area contributed by atoms with Crippen LogP contribution in [-0.2, 0) is 0 Å². The zero-order valence-electron chi connectivity index (χ0n) is 28.1. The first-order valence-corrected chi connectivity index (χ1v) is 16.9. The minimum Gasteiger partial charge on any atom is -0.208 e. The molecule has 0 amide bonds. The normalized spacial score (nSPS) is 11.0. The van der Waals surface area contributed by atoms with E-state index in [1.165, 1.54) is 33.4 Å². The summed E-state index contributed by atoms with van der Waals surface area (Å²) >= 11 is 0. The fourth-order valence-corrected chi connectivity index (χ4v) is 6.25. The molecule has 1 aromatic heterocycles. The Morgan fingerprint density at radius 1 is 0.240 bits per heavy atom. The van der Waals surface area contributed by atoms with E-state index in [-0.39, 0.29) is 0 Å². The van der Waals surface area contributed by atoms with E-state index in [0.717, 1.165) is 38.9 Å². The van der Waals surface area contributed by atoms with Crippen LogP contribution in [0.5, 0.6) is 0 Å². The molecule has 3 heteroatoms. The predicted molar refractivity (Wildman–Crippen MR) is 207 cm³/mol. The molecule has 0 fully saturated rings. The second-order valence-electron chi connectivity index (χ2n) is 12.7. The lowest BCUT2D eigenvalue weighted by atomic mass is 9.93. The van der Waals surface area contributed by atoms with Crippen LogP contribution in [-0.4, -0.2) is 15.0 Å². The summed E-state index contributed by atoms with van der Waals surface area (Å²) in [6.07, 6.45) is 0. The highest BCUT2D eigenvalue weighted by molar-refractivity contribution is 5.83. The third-order valence-corrected chi connectivity index (χ3v) is 9.07. The van der Waals surface area contributed by atoms with Crippen molar-refractivity contribution in [2.45, 2.75) is 13.8 Å². The Morgan fingerprint density at radius 2 is 0.540 bits per heavy atom. The second kappa shape index (κ2) is 13.6. The van der Waals surface area contributed by atoms with Gasteiger partial charge in [0.2, 0.25) is 0 Å². The van der Waals surface area contributed by atoms with Gasteiger partial charge in [0, 0.05) is 16.7 Å². The van der Waals surface area contributed by atoms with Crippen LogP contribution in [0.25, 0.3) is 78.7 Å². The minimum absolute atomic E-state index is 0.634. The number of aromatic nitrogens is 3. The van der Waals surface area contributed by atoms with Crippen LogP contribution in [0.1, 0.15) is 11.1 Å². The summed E-state index contributed by atoms with van der Waals surface area (Å²) in [5.41, 5.74) is 14.4. The molecule has 50 heavy (non-hydrogen) atoms. The molecule has 0 unspecified atom stereocenters. The van der Waals surface area contributed by atoms with Gasteiger partial charge in [-0.2, -0.15) is 0 Å². The molecule has 0 atom stereocenters. The Hall–Kier alpha value is -6.45. The monoisotopic (exact) mass is 641 g/mol. The maximum Gasteiger partial charge on any atom is 0.164 e. The average Bonchev–Trinajstić information content (AvgIpc) is 3.19. The number of nitrogens with zero attached hydrogens (tertiary/aromatic N) is 3. The van der Waals surface area contributed by atoms with Gasteiger partial charge in [0.1, 0.15) is 0 Å². The molecule has 8 rings (SSSR count). The molecule has 0 aliphatic heterocycles. The lowest BCUT2D eigenvalue weighted by Crippen LogP contribution is -2.00. The van der Waals surface area contributed by atoms with E-state index < -0.39 is 0 Å². The average molecular weight is 642 g/mol. The largest absolute Gasteiger partial charge is 0.208 e. The van der Waals surface area contributed by atoms with Crippen molar-refractivity contribution in [1.82, 2.24) is 15.0 Å². The van der Waals surface area contributed by atoms with Gasteiger partial charge in [0.15, 0.2) is 17.5 Å². The molecule has 7 aromatic carbocycles. The van der Waals surface area contributed by atoms with Crippen molar-refractivity contribution >= 4 is 0 Å². The van der Waals surface area contributed by atoms with Gasteiger partial charge in [0.25, 0.3) is 0 Å². The first-order valence-electron chi connectivity index (χ1n) is 16.9. The first-order chi connectivity index (χ1) is 24.6. The second-order valence-corrected chi connectivity index (χ2v) is 12.7. The Kier molecular flexibility index (Phi) is 8.38. The molecule has 0 saturated carbocycles. The molecule has 238 valence electrons. The third-order valence-electron chi connectivity index (χ3n) is 9.07. The predicted octanol–water partition coefficient (Wildman–Crippen LogP) is 12.2. The van der Waals surface area contributed by atoms with E-state index >= 15 is 0 Å². The Bertz CT molecular complexity index is 2330. The molecule has 0 bridgehead atoms. The maximum atomic E-state index is 5.11. The van der Waals surface area contributed by atoms with Crippen LogP contribution in [0, 0.1) is 13.8 Å². The van der Waals surface area contributed by atoms with E-state index in [4.69, 9.17) is 15.0 Å². The molecular weight excluding hydrogens is 607 g/mol. The Morgan fingerprint density at radius 3 is 1.04 bits per heavy atom. The van der Waals surface area contributed by atoms with Crippen molar-refractivity contribution in [1.29, 1.82) is 0 Å². The molecule has 0 aliphatic rings. The standard InChI is InChI=1S/C47H35N3/c1-32-16-20-38(21-17-32)45-48-46(39-22-18-33(2)19-23-39)50-47(49-45)44-30-42(37-26-24-36(25-27-37)34-10-5-3-6-11-34)29-43(31-44)41-15-9-14-40(28-41)35-12-7-4-8-13-35/h3-31H,1-2H3. The number of benzene rings is 7. The zero-order chi connectivity index (χ0) is 33.9. The fourth-order valence-electron chi connectivity index (χ4n) is 6.25. The van der Waals surface area contributed by atoms with Crippen molar-refractivity contribution in [2.75, 3.05) is 0 Å². The Balaban J connectivity index is 1.31. The SMILES string of the molecule is Cc1ccc(-c2nc(-c3ccc(C)cc3)nc(-c3cc(-c4ccc(-c5ccccc5)cc4)cc(-c4cccc(-c5ccccc5)c4)c3)n2)cc1. The zero-order valence-corrected chi connectivity index (χ0v) is 28.1. The number of aryl methyl sites for hydroxylation is 2. The van der Waals surface area contributed by atoms with Gasteiger partial charge in [-0.25, -0.2) is 15.0 Å². The van der Waals surface area contributed by atoms with Crippen LogP contribution < -0.4 is 0 Å². The summed E-state index contributed by atoms with van der Waals surface area (Å²) in [4.78, 5) is 15.2. The van der Waals surface area contributed by atoms with Crippen molar-refractivity contribution in [3.63, 3.8) is 0 Å². The summed E-state index contributed by atoms with van der Waals surface area (Å²) in [5, 5.41) is 0. The van der Waals surface area contributed by atoms with Crippen LogP contribution in [0.2, 0.25) is 0 Å². The maximum absolute atomic E-state index is 5.11. The number of hydrogen-bond acceptors (Lipinski definition) is 3. The quantitative estimate of drug-likeness (QED) is 0.174. The molecule has 3 nitrogen and oxygen atoms in total. The highest BCUT2D eigenvalue weighted by Crippen LogP contribution is 2.35. The lowest BCUT2D eigenvalue weighted by molar-refractivity contribution is 1.07. The molecule has 0 saturated heterocycles. The topological polar surface area (TPSA) is 38.7 Å². The van der Waals surface area contributed by atoms with Crippen molar-refractivity contribution in [2.24, 2.45) is 0 Å². The van der Waals surface area contributed by atoms with Crippen molar-refractivity contribution < 1.29 is 0 Å². The van der Waals surface area contributed by atoms with E-state index in [1.807, 2.05) is 6.07 Å². The Labute approximate surface area is 293 Å². The summed E-state index contributed by atoms with van der Waals surface area (Å²) in [7, 11) is 0. The van der Waals surface area contributed by atoms with E-state index in [2.05, 4.69) is 184 Å². The molecule has 8 aromatic rings. The van der Waals surface area contributed by atoms with Gasteiger partial charge >= 0.3 is 0 Å². The number of hydrogen-bond donors (Lipinski definition) is 0. The summed E-state index contributed by atoms with van der Waals surface area (Å²) in [5.74, 6) is 1.93. The summed E-state index contributed by atoms with van der Waals surface area (Å²) < 4.78 is 0. The molecule has 0 radical (unpaired) electrons. The van der Waals surface area contributed by atoms with E-state index in [0.29, 0.717) is 17.5 Å². The van der Waals surface area contributed by atoms with Gasteiger partial charge in [-0.15, -0.1) is 0 Å². The highest BCUT2D eigenvalue weighted by atomic mass is 15.0. The lowest BCUT2D eigenvalue weighted by Gasteiger charge is -2.14. The van der Waals surface area contributed by atoms with Gasteiger partial charge in [-0.05, 0) is 82.6 Å². The molecule has 1 heterocycles. The molecule has 0 aliphatic carbocycles. The smallest absolute Gasteiger partial charge is 0.164 e. The first kappa shape index (κ1) is 30.9. The summed E-state index contributed by atoms with van der Waals surface area (Å²) in [6, 6.07) is 62.0.